The third kappa shape index (κ3) is 4.81. The summed E-state index contributed by atoms with van der Waals surface area (Å²) in [7, 11) is 0. The molecule has 182 valence electrons. The molecule has 5 rings (SSSR count). The summed E-state index contributed by atoms with van der Waals surface area (Å²) in [4.78, 5) is 25.6. The number of halogens is 1. The standard InChI is InChI=1S/C24H26ClN7O3/c1-14-5-3-4-6-19(14)35-13-21(33)27-20-11-15(2)30-32(20)24-28-22-18(23(34)29-24)12-26-31(22)17-9-7-16(25)8-10-17/h3-11,18,22,24,26,28H,12-13H2,1-2H3,(H,27,33)(H,29,34). The number of nitrogens with one attached hydrogen (secondary N) is 4. The van der Waals surface area contributed by atoms with Crippen molar-refractivity contribution in [2.45, 2.75) is 26.3 Å². The Kier molecular flexibility index (Phi) is 6.33. The van der Waals surface area contributed by atoms with Crippen molar-refractivity contribution < 1.29 is 14.3 Å². The number of benzene rings is 2. The van der Waals surface area contributed by atoms with E-state index in [0.29, 0.717) is 28.8 Å². The second-order valence-electron chi connectivity index (χ2n) is 8.56. The number of aromatic nitrogens is 2. The highest BCUT2D eigenvalue weighted by Crippen LogP contribution is 2.28. The number of carbonyl (C=O) groups is 2. The van der Waals surface area contributed by atoms with Crippen molar-refractivity contribution in [3.63, 3.8) is 0 Å². The molecule has 4 N–H and O–H groups in total. The number of hydrogen-bond donors (Lipinski definition) is 4. The Morgan fingerprint density at radius 3 is 2.74 bits per heavy atom. The zero-order valence-corrected chi connectivity index (χ0v) is 20.0. The third-order valence-electron chi connectivity index (χ3n) is 6.01. The summed E-state index contributed by atoms with van der Waals surface area (Å²) in [5.41, 5.74) is 5.79. The molecule has 0 spiro atoms. The quantitative estimate of drug-likeness (QED) is 0.415. The lowest BCUT2D eigenvalue weighted by Gasteiger charge is -2.37. The van der Waals surface area contributed by atoms with Crippen molar-refractivity contribution in [1.82, 2.24) is 25.8 Å². The number of para-hydroxylation sites is 1. The van der Waals surface area contributed by atoms with Gasteiger partial charge in [-0.2, -0.15) is 5.10 Å². The number of hydrazine groups is 1. The van der Waals surface area contributed by atoms with Gasteiger partial charge in [0.2, 0.25) is 5.91 Å². The molecule has 11 heteroatoms. The maximum atomic E-state index is 12.9. The molecule has 3 heterocycles. The molecule has 0 aliphatic carbocycles. The SMILES string of the molecule is Cc1cc(NC(=O)COc2ccccc2C)n(C2NC(=O)C3CNN(c4ccc(Cl)cc4)C3N2)n1. The molecule has 0 radical (unpaired) electrons. The first-order chi connectivity index (χ1) is 16.9. The summed E-state index contributed by atoms with van der Waals surface area (Å²) in [5.74, 6) is 0.339. The van der Waals surface area contributed by atoms with Crippen LogP contribution in [0, 0.1) is 19.8 Å². The fourth-order valence-corrected chi connectivity index (χ4v) is 4.42. The number of carbonyl (C=O) groups excluding carboxylic acids is 2. The highest BCUT2D eigenvalue weighted by molar-refractivity contribution is 6.30. The van der Waals surface area contributed by atoms with Crippen LogP contribution in [0.5, 0.6) is 5.75 Å². The zero-order valence-electron chi connectivity index (χ0n) is 19.3. The van der Waals surface area contributed by atoms with E-state index in [0.717, 1.165) is 11.3 Å². The first kappa shape index (κ1) is 23.2. The van der Waals surface area contributed by atoms with Crippen LogP contribution >= 0.6 is 11.6 Å². The van der Waals surface area contributed by atoms with Gasteiger partial charge >= 0.3 is 0 Å². The van der Waals surface area contributed by atoms with Crippen molar-refractivity contribution >= 4 is 34.9 Å². The number of anilines is 2. The highest BCUT2D eigenvalue weighted by Gasteiger charge is 2.45. The average Bonchev–Trinajstić information content (AvgIpc) is 3.42. The van der Waals surface area contributed by atoms with E-state index in [1.807, 2.05) is 55.3 Å². The highest BCUT2D eigenvalue weighted by atomic mass is 35.5. The number of aryl methyl sites for hydroxylation is 2. The minimum atomic E-state index is -0.667. The van der Waals surface area contributed by atoms with Gasteiger partial charge in [0, 0.05) is 17.6 Å². The van der Waals surface area contributed by atoms with Gasteiger partial charge < -0.3 is 15.4 Å². The molecule has 35 heavy (non-hydrogen) atoms. The van der Waals surface area contributed by atoms with Crippen LogP contribution in [0.25, 0.3) is 0 Å². The molecule has 0 bridgehead atoms. The first-order valence-corrected chi connectivity index (χ1v) is 11.7. The van der Waals surface area contributed by atoms with E-state index in [1.54, 1.807) is 22.9 Å². The van der Waals surface area contributed by atoms with E-state index < -0.39 is 6.29 Å². The van der Waals surface area contributed by atoms with Gasteiger partial charge in [-0.1, -0.05) is 29.8 Å². The molecular formula is C24H26ClN7O3. The summed E-state index contributed by atoms with van der Waals surface area (Å²) in [6.45, 7) is 4.07. The van der Waals surface area contributed by atoms with Crippen molar-refractivity contribution in [1.29, 1.82) is 0 Å². The van der Waals surface area contributed by atoms with Crippen LogP contribution in [-0.2, 0) is 9.59 Å². The Bertz CT molecular complexity index is 1250. The van der Waals surface area contributed by atoms with E-state index in [1.165, 1.54) is 0 Å². The molecule has 1 aromatic heterocycles. The van der Waals surface area contributed by atoms with Gasteiger partial charge in [-0.3, -0.25) is 19.9 Å². The minimum absolute atomic E-state index is 0.115. The van der Waals surface area contributed by atoms with Crippen LogP contribution in [0.2, 0.25) is 5.02 Å². The molecule has 2 aliphatic heterocycles. The van der Waals surface area contributed by atoms with Crippen molar-refractivity contribution in [3.05, 3.63) is 70.9 Å². The molecular weight excluding hydrogens is 470 g/mol. The number of fused-ring (bicyclic) bond motifs is 1. The van der Waals surface area contributed by atoms with E-state index in [2.05, 4.69) is 26.5 Å². The van der Waals surface area contributed by atoms with E-state index >= 15 is 0 Å². The minimum Gasteiger partial charge on any atom is -0.483 e. The number of amides is 2. The molecule has 0 saturated carbocycles. The fraction of sp³-hybridized carbons (Fsp3) is 0.292. The van der Waals surface area contributed by atoms with Gasteiger partial charge in [0.15, 0.2) is 12.9 Å². The normalized spacial score (nSPS) is 21.4. The lowest BCUT2D eigenvalue weighted by Crippen LogP contribution is -2.61. The third-order valence-corrected chi connectivity index (χ3v) is 6.26. The predicted octanol–water partition coefficient (Wildman–Crippen LogP) is 2.31. The molecule has 3 unspecified atom stereocenters. The van der Waals surface area contributed by atoms with Crippen molar-refractivity contribution in [2.24, 2.45) is 5.92 Å². The molecule has 2 fully saturated rings. The Balaban J connectivity index is 1.31. The van der Waals surface area contributed by atoms with Gasteiger partial charge in [0.25, 0.3) is 5.91 Å². The number of nitrogens with zero attached hydrogens (tertiary/aromatic N) is 3. The van der Waals surface area contributed by atoms with Gasteiger partial charge in [0.05, 0.1) is 17.3 Å². The zero-order chi connectivity index (χ0) is 24.5. The van der Waals surface area contributed by atoms with Gasteiger partial charge in [-0.25, -0.2) is 10.1 Å². The van der Waals surface area contributed by atoms with Crippen LogP contribution in [-0.4, -0.2) is 40.9 Å². The van der Waals surface area contributed by atoms with Crippen LogP contribution < -0.4 is 31.1 Å². The first-order valence-electron chi connectivity index (χ1n) is 11.3. The molecule has 3 atom stereocenters. The summed E-state index contributed by atoms with van der Waals surface area (Å²) < 4.78 is 7.22. The Hall–Kier alpha value is -3.60. The topological polar surface area (TPSA) is 113 Å². The Morgan fingerprint density at radius 1 is 1.20 bits per heavy atom. The molecule has 2 aromatic carbocycles. The lowest BCUT2D eigenvalue weighted by molar-refractivity contribution is -0.129. The van der Waals surface area contributed by atoms with Crippen molar-refractivity contribution in [2.75, 3.05) is 23.5 Å². The second kappa shape index (κ2) is 9.57. The lowest BCUT2D eigenvalue weighted by atomic mass is 10.0. The van der Waals surface area contributed by atoms with E-state index in [-0.39, 0.29) is 30.5 Å². The van der Waals surface area contributed by atoms with Gasteiger partial charge in [0.1, 0.15) is 17.7 Å². The van der Waals surface area contributed by atoms with Gasteiger partial charge in [-0.05, 0) is 49.7 Å². The molecule has 2 saturated heterocycles. The maximum Gasteiger partial charge on any atom is 0.263 e. The number of rotatable bonds is 6. The van der Waals surface area contributed by atoms with Crippen LogP contribution in [0.15, 0.2) is 54.6 Å². The largest absolute Gasteiger partial charge is 0.483 e. The summed E-state index contributed by atoms with van der Waals surface area (Å²) in [6, 6.07) is 16.6. The number of hydrogen-bond acceptors (Lipinski definition) is 7. The molecule has 10 nitrogen and oxygen atoms in total. The monoisotopic (exact) mass is 495 g/mol. The average molecular weight is 496 g/mol. The van der Waals surface area contributed by atoms with Crippen molar-refractivity contribution in [3.8, 4) is 5.75 Å². The van der Waals surface area contributed by atoms with Crippen LogP contribution in [0.4, 0.5) is 11.5 Å². The molecule has 2 amide bonds. The number of ether oxygens (including phenoxy) is 1. The Labute approximate surface area is 207 Å². The summed E-state index contributed by atoms with van der Waals surface area (Å²) in [6.07, 6.45) is -0.993. The van der Waals surface area contributed by atoms with E-state index in [9.17, 15) is 9.59 Å². The van der Waals surface area contributed by atoms with Crippen LogP contribution in [0.1, 0.15) is 17.5 Å². The fourth-order valence-electron chi connectivity index (χ4n) is 4.29. The van der Waals surface area contributed by atoms with Gasteiger partial charge in [-0.15, -0.1) is 0 Å². The van der Waals surface area contributed by atoms with Crippen LogP contribution in [0.3, 0.4) is 0 Å². The predicted molar refractivity (Wildman–Crippen MR) is 132 cm³/mol. The second-order valence-corrected chi connectivity index (χ2v) is 8.99. The summed E-state index contributed by atoms with van der Waals surface area (Å²) in [5, 5.41) is 16.3. The smallest absolute Gasteiger partial charge is 0.263 e. The maximum absolute atomic E-state index is 12.9. The molecule has 3 aromatic rings. The Morgan fingerprint density at radius 2 is 1.97 bits per heavy atom. The van der Waals surface area contributed by atoms with E-state index in [4.69, 9.17) is 16.3 Å². The molecule has 2 aliphatic rings. The summed E-state index contributed by atoms with van der Waals surface area (Å²) >= 11 is 6.03.